The lowest BCUT2D eigenvalue weighted by Gasteiger charge is -2.13. The number of esters is 1. The van der Waals surface area contributed by atoms with E-state index >= 15 is 0 Å². The third kappa shape index (κ3) is 4.08. The summed E-state index contributed by atoms with van der Waals surface area (Å²) in [6, 6.07) is 2.15. The number of hydrogen-bond acceptors (Lipinski definition) is 7. The molecule has 8 heteroatoms. The molecule has 0 aromatic carbocycles. The first-order chi connectivity index (χ1) is 9.49. The molecule has 1 rings (SSSR count). The van der Waals surface area contributed by atoms with Crippen molar-refractivity contribution >= 4 is 23.3 Å². The van der Waals surface area contributed by atoms with Gasteiger partial charge in [0, 0.05) is 12.6 Å². The van der Waals surface area contributed by atoms with Crippen LogP contribution in [0.1, 0.15) is 20.3 Å². The molecule has 110 valence electrons. The van der Waals surface area contributed by atoms with Gasteiger partial charge in [-0.3, -0.25) is 10.1 Å². The smallest absolute Gasteiger partial charge is 0.328 e. The molecule has 2 N–H and O–H groups in total. The fourth-order valence-electron chi connectivity index (χ4n) is 1.50. The van der Waals surface area contributed by atoms with Crippen LogP contribution in [-0.4, -0.2) is 35.6 Å². The minimum absolute atomic E-state index is 0.0361. The molecule has 1 atom stereocenters. The summed E-state index contributed by atoms with van der Waals surface area (Å²) < 4.78 is 4.56. The molecule has 0 aliphatic carbocycles. The van der Waals surface area contributed by atoms with Crippen molar-refractivity contribution in [3.05, 3.63) is 22.2 Å². The minimum Gasteiger partial charge on any atom is -0.467 e. The van der Waals surface area contributed by atoms with E-state index in [1.807, 2.05) is 6.92 Å². The normalized spacial score (nSPS) is 11.6. The standard InChI is InChI=1S/C12H18N4O4/c1-4-7-13-10-6-5-9(16(18)19)11(15-10)14-8(2)12(17)20-3/h5-6,8H,4,7H2,1-3H3,(H2,13,14,15). The summed E-state index contributed by atoms with van der Waals surface area (Å²) in [7, 11) is 1.25. The number of aromatic nitrogens is 1. The van der Waals surface area contributed by atoms with Gasteiger partial charge in [-0.2, -0.15) is 0 Å². The zero-order valence-electron chi connectivity index (χ0n) is 11.7. The summed E-state index contributed by atoms with van der Waals surface area (Å²) in [5.41, 5.74) is -0.192. The number of rotatable bonds is 7. The van der Waals surface area contributed by atoms with Crippen molar-refractivity contribution in [1.29, 1.82) is 0 Å². The quantitative estimate of drug-likeness (QED) is 0.446. The van der Waals surface area contributed by atoms with Crippen LogP contribution in [0.2, 0.25) is 0 Å². The molecule has 1 unspecified atom stereocenters. The number of pyridine rings is 1. The van der Waals surface area contributed by atoms with E-state index in [9.17, 15) is 14.9 Å². The molecule has 0 amide bonds. The highest BCUT2D eigenvalue weighted by Crippen LogP contribution is 2.24. The van der Waals surface area contributed by atoms with E-state index in [-0.39, 0.29) is 11.5 Å². The Morgan fingerprint density at radius 1 is 1.55 bits per heavy atom. The van der Waals surface area contributed by atoms with Crippen LogP contribution < -0.4 is 10.6 Å². The molecule has 0 spiro atoms. The van der Waals surface area contributed by atoms with Gasteiger partial charge in [-0.15, -0.1) is 0 Å². The van der Waals surface area contributed by atoms with Crippen molar-refractivity contribution in [1.82, 2.24) is 4.98 Å². The Morgan fingerprint density at radius 2 is 2.25 bits per heavy atom. The Bertz CT molecular complexity index is 492. The van der Waals surface area contributed by atoms with E-state index < -0.39 is 16.9 Å². The highest BCUT2D eigenvalue weighted by atomic mass is 16.6. The molecular formula is C12H18N4O4. The third-order valence-electron chi connectivity index (χ3n) is 2.53. The van der Waals surface area contributed by atoms with E-state index in [0.29, 0.717) is 12.4 Å². The molecule has 1 aromatic rings. The topological polar surface area (TPSA) is 106 Å². The van der Waals surface area contributed by atoms with Gasteiger partial charge in [-0.25, -0.2) is 9.78 Å². The maximum absolute atomic E-state index is 11.4. The number of nitro groups is 1. The van der Waals surface area contributed by atoms with E-state index in [1.165, 1.54) is 19.2 Å². The fourth-order valence-corrected chi connectivity index (χ4v) is 1.50. The number of ether oxygens (including phenoxy) is 1. The zero-order valence-corrected chi connectivity index (χ0v) is 11.7. The van der Waals surface area contributed by atoms with Crippen molar-refractivity contribution in [2.75, 3.05) is 24.3 Å². The van der Waals surface area contributed by atoms with Crippen LogP contribution >= 0.6 is 0 Å². The summed E-state index contributed by atoms with van der Waals surface area (Å²) >= 11 is 0. The summed E-state index contributed by atoms with van der Waals surface area (Å²) in [4.78, 5) is 25.9. The SMILES string of the molecule is CCCNc1ccc([N+](=O)[O-])c(NC(C)C(=O)OC)n1. The molecule has 0 saturated heterocycles. The second-order valence-corrected chi connectivity index (χ2v) is 4.14. The number of methoxy groups -OCH3 is 1. The lowest BCUT2D eigenvalue weighted by molar-refractivity contribution is -0.384. The van der Waals surface area contributed by atoms with E-state index in [0.717, 1.165) is 6.42 Å². The van der Waals surface area contributed by atoms with Crippen molar-refractivity contribution in [2.24, 2.45) is 0 Å². The van der Waals surface area contributed by atoms with Gasteiger partial charge >= 0.3 is 11.7 Å². The van der Waals surface area contributed by atoms with Crippen LogP contribution in [0.15, 0.2) is 12.1 Å². The van der Waals surface area contributed by atoms with Crippen LogP contribution in [0.3, 0.4) is 0 Å². The fraction of sp³-hybridized carbons (Fsp3) is 0.500. The first kappa shape index (κ1) is 15.7. The van der Waals surface area contributed by atoms with Crippen LogP contribution in [0.4, 0.5) is 17.3 Å². The monoisotopic (exact) mass is 282 g/mol. The molecular weight excluding hydrogens is 264 g/mol. The summed E-state index contributed by atoms with van der Waals surface area (Å²) in [5.74, 6) is 0.0269. The van der Waals surface area contributed by atoms with Crippen molar-refractivity contribution < 1.29 is 14.5 Å². The van der Waals surface area contributed by atoms with Crippen molar-refractivity contribution in [2.45, 2.75) is 26.3 Å². The number of carbonyl (C=O) groups is 1. The number of anilines is 2. The van der Waals surface area contributed by atoms with Gasteiger partial charge in [0.15, 0.2) is 0 Å². The van der Waals surface area contributed by atoms with E-state index in [4.69, 9.17) is 0 Å². The van der Waals surface area contributed by atoms with Crippen LogP contribution in [0, 0.1) is 10.1 Å². The van der Waals surface area contributed by atoms with E-state index in [1.54, 1.807) is 6.92 Å². The summed E-state index contributed by atoms with van der Waals surface area (Å²) in [6.07, 6.45) is 0.903. The predicted molar refractivity (Wildman–Crippen MR) is 74.8 cm³/mol. The maximum atomic E-state index is 11.4. The molecule has 1 heterocycles. The Balaban J connectivity index is 2.99. The van der Waals surface area contributed by atoms with Gasteiger partial charge in [0.05, 0.1) is 12.0 Å². The Morgan fingerprint density at radius 3 is 2.80 bits per heavy atom. The van der Waals surface area contributed by atoms with Gasteiger partial charge in [0.1, 0.15) is 11.9 Å². The third-order valence-corrected chi connectivity index (χ3v) is 2.53. The van der Waals surface area contributed by atoms with Crippen LogP contribution in [0.25, 0.3) is 0 Å². The molecule has 0 radical (unpaired) electrons. The second-order valence-electron chi connectivity index (χ2n) is 4.14. The van der Waals surface area contributed by atoms with Gasteiger partial charge in [0.25, 0.3) is 0 Å². The van der Waals surface area contributed by atoms with Crippen LogP contribution in [-0.2, 0) is 9.53 Å². The molecule has 0 saturated carbocycles. The molecule has 0 bridgehead atoms. The molecule has 8 nitrogen and oxygen atoms in total. The predicted octanol–water partition coefficient (Wildman–Crippen LogP) is 1.79. The Hall–Kier alpha value is -2.38. The van der Waals surface area contributed by atoms with Gasteiger partial charge < -0.3 is 15.4 Å². The first-order valence-corrected chi connectivity index (χ1v) is 6.23. The second kappa shape index (κ2) is 7.27. The van der Waals surface area contributed by atoms with Crippen LogP contribution in [0.5, 0.6) is 0 Å². The number of hydrogen-bond donors (Lipinski definition) is 2. The largest absolute Gasteiger partial charge is 0.467 e. The number of nitrogens with one attached hydrogen (secondary N) is 2. The Kier molecular flexibility index (Phi) is 5.70. The van der Waals surface area contributed by atoms with Crippen molar-refractivity contribution in [3.8, 4) is 0 Å². The molecule has 0 fully saturated rings. The number of carbonyl (C=O) groups excluding carboxylic acids is 1. The number of nitrogens with zero attached hydrogens (tertiary/aromatic N) is 2. The molecule has 1 aromatic heterocycles. The molecule has 0 aliphatic heterocycles. The first-order valence-electron chi connectivity index (χ1n) is 6.23. The average Bonchev–Trinajstić information content (AvgIpc) is 2.43. The summed E-state index contributed by atoms with van der Waals surface area (Å²) in [5, 5.41) is 16.7. The van der Waals surface area contributed by atoms with Gasteiger partial charge in [-0.1, -0.05) is 6.92 Å². The van der Waals surface area contributed by atoms with Crippen molar-refractivity contribution in [3.63, 3.8) is 0 Å². The average molecular weight is 282 g/mol. The van der Waals surface area contributed by atoms with Gasteiger partial charge in [-0.05, 0) is 19.4 Å². The highest BCUT2D eigenvalue weighted by molar-refractivity contribution is 5.79. The minimum atomic E-state index is -0.729. The van der Waals surface area contributed by atoms with E-state index in [2.05, 4.69) is 20.4 Å². The lowest BCUT2D eigenvalue weighted by Crippen LogP contribution is -2.28. The zero-order chi connectivity index (χ0) is 15.1. The molecule has 0 aliphatic rings. The maximum Gasteiger partial charge on any atom is 0.328 e. The summed E-state index contributed by atoms with van der Waals surface area (Å²) in [6.45, 7) is 4.25. The Labute approximate surface area is 116 Å². The highest BCUT2D eigenvalue weighted by Gasteiger charge is 2.21. The lowest BCUT2D eigenvalue weighted by atomic mass is 10.3. The molecule has 20 heavy (non-hydrogen) atoms. The van der Waals surface area contributed by atoms with Gasteiger partial charge in [0.2, 0.25) is 5.82 Å².